The molecule has 1 saturated heterocycles. The van der Waals surface area contributed by atoms with Crippen molar-refractivity contribution in [3.05, 3.63) is 21.9 Å². The van der Waals surface area contributed by atoms with E-state index >= 15 is 0 Å². The van der Waals surface area contributed by atoms with Crippen LogP contribution in [0.5, 0.6) is 0 Å². The van der Waals surface area contributed by atoms with Gasteiger partial charge in [0, 0.05) is 16.3 Å². The van der Waals surface area contributed by atoms with Crippen molar-refractivity contribution in [1.29, 1.82) is 0 Å². The number of ether oxygens (including phenoxy) is 1. The summed E-state index contributed by atoms with van der Waals surface area (Å²) in [5, 5.41) is 3.36. The maximum absolute atomic E-state index is 5.85. The Morgan fingerprint density at radius 1 is 1.54 bits per heavy atom. The summed E-state index contributed by atoms with van der Waals surface area (Å²) < 4.78 is 5.85. The van der Waals surface area contributed by atoms with Crippen LogP contribution in [0.3, 0.4) is 0 Å². The van der Waals surface area contributed by atoms with E-state index in [0.29, 0.717) is 0 Å². The van der Waals surface area contributed by atoms with E-state index in [4.69, 9.17) is 4.74 Å². The van der Waals surface area contributed by atoms with Gasteiger partial charge in [-0.05, 0) is 32.9 Å². The van der Waals surface area contributed by atoms with Gasteiger partial charge >= 0.3 is 0 Å². The molecule has 1 aliphatic rings. The Morgan fingerprint density at radius 3 is 2.77 bits per heavy atom. The van der Waals surface area contributed by atoms with Crippen LogP contribution in [0.1, 0.15) is 29.8 Å². The minimum absolute atomic E-state index is 0.0252. The molecule has 1 N–H and O–H groups in total. The topological polar surface area (TPSA) is 21.3 Å². The van der Waals surface area contributed by atoms with Gasteiger partial charge in [-0.15, -0.1) is 11.3 Å². The van der Waals surface area contributed by atoms with Crippen molar-refractivity contribution in [1.82, 2.24) is 5.32 Å². The van der Waals surface area contributed by atoms with Crippen LogP contribution < -0.4 is 5.32 Å². The summed E-state index contributed by atoms with van der Waals surface area (Å²) in [7, 11) is 0. The lowest BCUT2D eigenvalue weighted by Crippen LogP contribution is -2.23. The van der Waals surface area contributed by atoms with Gasteiger partial charge in [-0.3, -0.25) is 5.32 Å². The van der Waals surface area contributed by atoms with E-state index in [-0.39, 0.29) is 11.8 Å². The second kappa shape index (κ2) is 3.08. The Kier molecular flexibility index (Phi) is 2.18. The lowest BCUT2D eigenvalue weighted by molar-refractivity contribution is -0.0139. The van der Waals surface area contributed by atoms with Crippen LogP contribution in [-0.2, 0) is 4.74 Å². The highest BCUT2D eigenvalue weighted by Gasteiger charge is 2.32. The van der Waals surface area contributed by atoms with E-state index in [0.717, 1.165) is 6.54 Å². The molecule has 2 nitrogen and oxygen atoms in total. The number of nitrogens with one attached hydrogen (secondary N) is 1. The third kappa shape index (κ3) is 1.93. The molecule has 2 heterocycles. The fourth-order valence-corrected chi connectivity index (χ4v) is 2.38. The minimum Gasteiger partial charge on any atom is -0.351 e. The molecule has 0 radical (unpaired) electrons. The number of hydrogen-bond acceptors (Lipinski definition) is 3. The van der Waals surface area contributed by atoms with E-state index in [1.54, 1.807) is 11.3 Å². The summed E-state index contributed by atoms with van der Waals surface area (Å²) >= 11 is 1.80. The van der Waals surface area contributed by atoms with Crippen LogP contribution in [0.15, 0.2) is 12.1 Å². The summed E-state index contributed by atoms with van der Waals surface area (Å²) in [6, 6.07) is 4.27. The molecule has 1 aliphatic heterocycles. The number of rotatable bonds is 1. The van der Waals surface area contributed by atoms with Crippen molar-refractivity contribution in [2.45, 2.75) is 32.6 Å². The Bertz CT molecular complexity index is 306. The first-order valence-corrected chi connectivity index (χ1v) is 5.36. The van der Waals surface area contributed by atoms with Crippen molar-refractivity contribution in [2.75, 3.05) is 6.54 Å². The van der Waals surface area contributed by atoms with Gasteiger partial charge in [0.05, 0.1) is 5.60 Å². The standard InChI is InChI=1S/C10H15NOS/c1-7-4-5-8(13-7)9-11-6-10(2,3)12-9/h4-5,9,11H,6H2,1-3H3. The molecule has 2 rings (SSSR count). The van der Waals surface area contributed by atoms with Gasteiger partial charge in [0.15, 0.2) is 0 Å². The first kappa shape index (κ1) is 9.19. The first-order chi connectivity index (χ1) is 6.07. The van der Waals surface area contributed by atoms with Gasteiger partial charge in [0.1, 0.15) is 6.23 Å². The van der Waals surface area contributed by atoms with Crippen LogP contribution in [0.25, 0.3) is 0 Å². The number of hydrogen-bond donors (Lipinski definition) is 1. The normalized spacial score (nSPS) is 26.5. The smallest absolute Gasteiger partial charge is 0.144 e. The summed E-state index contributed by atoms with van der Waals surface area (Å²) in [4.78, 5) is 2.62. The number of thiophene rings is 1. The van der Waals surface area contributed by atoms with Crippen LogP contribution in [0, 0.1) is 6.92 Å². The maximum atomic E-state index is 5.85. The summed E-state index contributed by atoms with van der Waals surface area (Å²) in [6.45, 7) is 7.27. The Hall–Kier alpha value is -0.380. The third-order valence-corrected chi connectivity index (χ3v) is 3.21. The lowest BCUT2D eigenvalue weighted by atomic mass is 10.1. The zero-order valence-corrected chi connectivity index (χ0v) is 9.07. The van der Waals surface area contributed by atoms with Crippen LogP contribution in [0.4, 0.5) is 0 Å². The molecule has 72 valence electrons. The SMILES string of the molecule is Cc1ccc(C2NCC(C)(C)O2)s1. The molecule has 3 heteroatoms. The van der Waals surface area contributed by atoms with Crippen molar-refractivity contribution in [3.63, 3.8) is 0 Å². The molecule has 0 bridgehead atoms. The largest absolute Gasteiger partial charge is 0.351 e. The fraction of sp³-hybridized carbons (Fsp3) is 0.600. The molecule has 0 spiro atoms. The second-order valence-electron chi connectivity index (χ2n) is 4.09. The zero-order valence-electron chi connectivity index (χ0n) is 8.26. The predicted octanol–water partition coefficient (Wildman–Crippen LogP) is 2.45. The monoisotopic (exact) mass is 197 g/mol. The van der Waals surface area contributed by atoms with Crippen molar-refractivity contribution in [2.24, 2.45) is 0 Å². The lowest BCUT2D eigenvalue weighted by Gasteiger charge is -2.16. The highest BCUT2D eigenvalue weighted by atomic mass is 32.1. The van der Waals surface area contributed by atoms with Gasteiger partial charge < -0.3 is 4.74 Å². The van der Waals surface area contributed by atoms with E-state index in [1.807, 2.05) is 0 Å². The van der Waals surface area contributed by atoms with Crippen molar-refractivity contribution in [3.8, 4) is 0 Å². The van der Waals surface area contributed by atoms with Crippen LogP contribution in [0.2, 0.25) is 0 Å². The van der Waals surface area contributed by atoms with E-state index in [1.165, 1.54) is 9.75 Å². The maximum Gasteiger partial charge on any atom is 0.144 e. The van der Waals surface area contributed by atoms with E-state index in [9.17, 15) is 0 Å². The fourth-order valence-electron chi connectivity index (χ4n) is 1.49. The molecule has 1 unspecified atom stereocenters. The van der Waals surface area contributed by atoms with Crippen molar-refractivity contribution >= 4 is 11.3 Å². The van der Waals surface area contributed by atoms with Crippen LogP contribution in [-0.4, -0.2) is 12.1 Å². The van der Waals surface area contributed by atoms with Crippen LogP contribution >= 0.6 is 11.3 Å². The summed E-state index contributed by atoms with van der Waals surface area (Å²) in [5.74, 6) is 0. The molecule has 1 fully saturated rings. The summed E-state index contributed by atoms with van der Waals surface area (Å²) in [5.41, 5.74) is -0.0252. The van der Waals surface area contributed by atoms with Gasteiger partial charge in [0.2, 0.25) is 0 Å². The average molecular weight is 197 g/mol. The molecular weight excluding hydrogens is 182 g/mol. The Morgan fingerprint density at radius 2 is 2.31 bits per heavy atom. The Labute approximate surface area is 82.9 Å². The number of aryl methyl sites for hydroxylation is 1. The molecule has 1 atom stereocenters. The van der Waals surface area contributed by atoms with Gasteiger partial charge in [-0.2, -0.15) is 0 Å². The minimum atomic E-state index is -0.0252. The molecule has 1 aromatic heterocycles. The average Bonchev–Trinajstić information content (AvgIpc) is 2.56. The molecule has 0 aliphatic carbocycles. The van der Waals surface area contributed by atoms with Gasteiger partial charge in [-0.1, -0.05) is 0 Å². The van der Waals surface area contributed by atoms with E-state index in [2.05, 4.69) is 38.2 Å². The molecule has 0 saturated carbocycles. The van der Waals surface area contributed by atoms with Crippen molar-refractivity contribution < 1.29 is 4.74 Å². The Balaban J connectivity index is 2.12. The zero-order chi connectivity index (χ0) is 9.47. The molecule has 13 heavy (non-hydrogen) atoms. The summed E-state index contributed by atoms with van der Waals surface area (Å²) in [6.07, 6.45) is 0.105. The molecule has 0 amide bonds. The first-order valence-electron chi connectivity index (χ1n) is 4.54. The highest BCUT2D eigenvalue weighted by molar-refractivity contribution is 7.12. The quantitative estimate of drug-likeness (QED) is 0.746. The van der Waals surface area contributed by atoms with E-state index < -0.39 is 0 Å². The predicted molar refractivity (Wildman–Crippen MR) is 55.0 cm³/mol. The highest BCUT2D eigenvalue weighted by Crippen LogP contribution is 2.31. The third-order valence-electron chi connectivity index (χ3n) is 2.17. The van der Waals surface area contributed by atoms with Gasteiger partial charge in [0.25, 0.3) is 0 Å². The van der Waals surface area contributed by atoms with Gasteiger partial charge in [-0.25, -0.2) is 0 Å². The molecular formula is C10H15NOS. The molecule has 1 aromatic rings. The molecule has 0 aromatic carbocycles. The second-order valence-corrected chi connectivity index (χ2v) is 5.41.